The Hall–Kier alpha value is -1.78. The average Bonchev–Trinajstić information content (AvgIpc) is 2.98. The van der Waals surface area contributed by atoms with Gasteiger partial charge in [0.1, 0.15) is 5.69 Å². The zero-order valence-electron chi connectivity index (χ0n) is 12.0. The molecule has 0 spiro atoms. The lowest BCUT2D eigenvalue weighted by Crippen LogP contribution is -2.52. The van der Waals surface area contributed by atoms with Gasteiger partial charge in [0.15, 0.2) is 0 Å². The fourth-order valence-electron chi connectivity index (χ4n) is 2.60. The summed E-state index contributed by atoms with van der Waals surface area (Å²) in [5, 5.41) is 3.30. The van der Waals surface area contributed by atoms with E-state index in [0.717, 1.165) is 30.9 Å². The molecule has 4 nitrogen and oxygen atoms in total. The van der Waals surface area contributed by atoms with Crippen LogP contribution in [0.2, 0.25) is 0 Å². The van der Waals surface area contributed by atoms with Gasteiger partial charge in [0, 0.05) is 31.4 Å². The summed E-state index contributed by atoms with van der Waals surface area (Å²) in [6, 6.07) is 14.1. The normalized spacial score (nSPS) is 18.1. The summed E-state index contributed by atoms with van der Waals surface area (Å²) in [5.41, 5.74) is 2.74. The smallest absolute Gasteiger partial charge is 0.270 e. The van der Waals surface area contributed by atoms with Gasteiger partial charge < -0.3 is 15.2 Å². The monoisotopic (exact) mass is 305 g/mol. The first kappa shape index (κ1) is 15.6. The van der Waals surface area contributed by atoms with Gasteiger partial charge in [-0.25, -0.2) is 0 Å². The Kier molecular flexibility index (Phi) is 5.04. The molecule has 0 unspecified atom stereocenters. The van der Waals surface area contributed by atoms with Gasteiger partial charge >= 0.3 is 0 Å². The Bertz CT molecular complexity index is 597. The fraction of sp³-hybridized carbons (Fsp3) is 0.312. The molecule has 1 aromatic heterocycles. The standard InChI is InChI=1S/C16H19N3O.ClH/c1-12-11-17-9-10-19(12)16(20)15-8-7-14(18-15)13-5-3-2-4-6-13;/h2-8,12,17-18H,9-11H2,1H3;1H/t12-;/m1./s1. The van der Waals surface area contributed by atoms with Crippen molar-refractivity contribution in [2.75, 3.05) is 19.6 Å². The van der Waals surface area contributed by atoms with Gasteiger partial charge in [0.25, 0.3) is 5.91 Å². The van der Waals surface area contributed by atoms with Crippen molar-refractivity contribution >= 4 is 18.3 Å². The van der Waals surface area contributed by atoms with Crippen molar-refractivity contribution in [3.05, 3.63) is 48.2 Å². The lowest BCUT2D eigenvalue weighted by molar-refractivity contribution is 0.0650. The number of aromatic amines is 1. The second kappa shape index (κ2) is 6.78. The van der Waals surface area contributed by atoms with Crippen LogP contribution < -0.4 is 5.32 Å². The second-order valence-electron chi connectivity index (χ2n) is 5.20. The number of aromatic nitrogens is 1. The molecule has 0 aliphatic carbocycles. The first-order chi connectivity index (χ1) is 9.75. The Labute approximate surface area is 131 Å². The Balaban J connectivity index is 0.00000161. The first-order valence-electron chi connectivity index (χ1n) is 7.02. The molecule has 2 aromatic rings. The van der Waals surface area contributed by atoms with Crippen LogP contribution in [0.4, 0.5) is 0 Å². The summed E-state index contributed by atoms with van der Waals surface area (Å²) in [5.74, 6) is 0.0844. The van der Waals surface area contributed by atoms with Gasteiger partial charge in [-0.05, 0) is 24.6 Å². The van der Waals surface area contributed by atoms with E-state index >= 15 is 0 Å². The zero-order valence-corrected chi connectivity index (χ0v) is 12.8. The molecule has 1 amide bonds. The highest BCUT2D eigenvalue weighted by Gasteiger charge is 2.24. The summed E-state index contributed by atoms with van der Waals surface area (Å²) in [6.45, 7) is 4.56. The minimum absolute atomic E-state index is 0. The second-order valence-corrected chi connectivity index (χ2v) is 5.20. The van der Waals surface area contributed by atoms with Crippen LogP contribution >= 0.6 is 12.4 Å². The molecule has 1 saturated heterocycles. The van der Waals surface area contributed by atoms with Crippen LogP contribution in [0, 0.1) is 0 Å². The SMILES string of the molecule is C[C@@H]1CNCCN1C(=O)c1ccc(-c2ccccc2)[nH]1.Cl. The van der Waals surface area contributed by atoms with Crippen molar-refractivity contribution in [1.29, 1.82) is 0 Å². The van der Waals surface area contributed by atoms with Crippen molar-refractivity contribution in [1.82, 2.24) is 15.2 Å². The highest BCUT2D eigenvalue weighted by atomic mass is 35.5. The minimum atomic E-state index is 0. The van der Waals surface area contributed by atoms with E-state index in [-0.39, 0.29) is 24.4 Å². The Morgan fingerprint density at radius 2 is 1.95 bits per heavy atom. The number of carbonyl (C=O) groups excluding carboxylic acids is 1. The molecule has 1 aliphatic heterocycles. The van der Waals surface area contributed by atoms with Crippen molar-refractivity contribution in [3.63, 3.8) is 0 Å². The topological polar surface area (TPSA) is 48.1 Å². The van der Waals surface area contributed by atoms with E-state index in [1.54, 1.807) is 0 Å². The summed E-state index contributed by atoms with van der Waals surface area (Å²) >= 11 is 0. The third-order valence-electron chi connectivity index (χ3n) is 3.76. The number of hydrogen-bond donors (Lipinski definition) is 2. The van der Waals surface area contributed by atoms with E-state index in [0.29, 0.717) is 5.69 Å². The number of amides is 1. The lowest BCUT2D eigenvalue weighted by Gasteiger charge is -2.33. The van der Waals surface area contributed by atoms with Gasteiger partial charge in [-0.2, -0.15) is 0 Å². The van der Waals surface area contributed by atoms with Gasteiger partial charge in [0.05, 0.1) is 0 Å². The van der Waals surface area contributed by atoms with Gasteiger partial charge in [0.2, 0.25) is 0 Å². The number of piperazine rings is 1. The van der Waals surface area contributed by atoms with E-state index in [2.05, 4.69) is 17.2 Å². The maximum Gasteiger partial charge on any atom is 0.270 e. The molecule has 0 bridgehead atoms. The zero-order chi connectivity index (χ0) is 13.9. The van der Waals surface area contributed by atoms with E-state index in [4.69, 9.17) is 0 Å². The van der Waals surface area contributed by atoms with Crippen LogP contribution in [0.25, 0.3) is 11.3 Å². The maximum absolute atomic E-state index is 12.5. The number of benzene rings is 1. The molecule has 2 heterocycles. The van der Waals surface area contributed by atoms with Crippen molar-refractivity contribution < 1.29 is 4.79 Å². The van der Waals surface area contributed by atoms with Crippen molar-refractivity contribution in [2.24, 2.45) is 0 Å². The molecule has 0 radical (unpaired) electrons. The molecule has 21 heavy (non-hydrogen) atoms. The predicted octanol–water partition coefficient (Wildman–Crippen LogP) is 2.54. The van der Waals surface area contributed by atoms with E-state index in [9.17, 15) is 4.79 Å². The molecule has 2 N–H and O–H groups in total. The molecule has 1 aliphatic rings. The maximum atomic E-state index is 12.5. The molecule has 3 rings (SSSR count). The third kappa shape index (κ3) is 3.28. The quantitative estimate of drug-likeness (QED) is 0.896. The Morgan fingerprint density at radius 3 is 2.67 bits per heavy atom. The van der Waals surface area contributed by atoms with Crippen LogP contribution in [0.15, 0.2) is 42.5 Å². The number of rotatable bonds is 2. The first-order valence-corrected chi connectivity index (χ1v) is 7.02. The van der Waals surface area contributed by atoms with Crippen LogP contribution in [0.1, 0.15) is 17.4 Å². The van der Waals surface area contributed by atoms with E-state index in [1.807, 2.05) is 47.4 Å². The lowest BCUT2D eigenvalue weighted by atomic mass is 10.2. The molecule has 0 saturated carbocycles. The van der Waals surface area contributed by atoms with Crippen LogP contribution in [0.3, 0.4) is 0 Å². The fourth-order valence-corrected chi connectivity index (χ4v) is 2.60. The summed E-state index contributed by atoms with van der Waals surface area (Å²) in [6.07, 6.45) is 0. The molecular weight excluding hydrogens is 286 g/mol. The van der Waals surface area contributed by atoms with Crippen LogP contribution in [0.5, 0.6) is 0 Å². The number of halogens is 1. The van der Waals surface area contributed by atoms with Crippen LogP contribution in [-0.4, -0.2) is 41.5 Å². The van der Waals surface area contributed by atoms with Gasteiger partial charge in [-0.15, -0.1) is 12.4 Å². The molecule has 1 fully saturated rings. The molecule has 1 aromatic carbocycles. The third-order valence-corrected chi connectivity index (χ3v) is 3.76. The summed E-state index contributed by atoms with van der Waals surface area (Å²) < 4.78 is 0. The number of carbonyl (C=O) groups is 1. The predicted molar refractivity (Wildman–Crippen MR) is 86.8 cm³/mol. The van der Waals surface area contributed by atoms with Crippen molar-refractivity contribution in [2.45, 2.75) is 13.0 Å². The van der Waals surface area contributed by atoms with Gasteiger partial charge in [-0.3, -0.25) is 4.79 Å². The Morgan fingerprint density at radius 1 is 1.19 bits per heavy atom. The minimum Gasteiger partial charge on any atom is -0.351 e. The molecular formula is C16H20ClN3O. The summed E-state index contributed by atoms with van der Waals surface area (Å²) in [4.78, 5) is 17.7. The van der Waals surface area contributed by atoms with Gasteiger partial charge in [-0.1, -0.05) is 30.3 Å². The summed E-state index contributed by atoms with van der Waals surface area (Å²) in [7, 11) is 0. The average molecular weight is 306 g/mol. The molecule has 5 heteroatoms. The van der Waals surface area contributed by atoms with E-state index < -0.39 is 0 Å². The van der Waals surface area contributed by atoms with Crippen LogP contribution in [-0.2, 0) is 0 Å². The van der Waals surface area contributed by atoms with E-state index in [1.165, 1.54) is 0 Å². The number of H-pyrrole nitrogens is 1. The highest BCUT2D eigenvalue weighted by molar-refractivity contribution is 5.93. The molecule has 112 valence electrons. The molecule has 1 atom stereocenters. The number of hydrogen-bond acceptors (Lipinski definition) is 2. The highest BCUT2D eigenvalue weighted by Crippen LogP contribution is 2.19. The largest absolute Gasteiger partial charge is 0.351 e. The number of nitrogens with zero attached hydrogens (tertiary/aromatic N) is 1. The number of nitrogens with one attached hydrogen (secondary N) is 2. The van der Waals surface area contributed by atoms with Crippen molar-refractivity contribution in [3.8, 4) is 11.3 Å².